The van der Waals surface area contributed by atoms with Gasteiger partial charge in [-0.25, -0.2) is 14.8 Å². The molecule has 0 saturated carbocycles. The van der Waals surface area contributed by atoms with Crippen LogP contribution in [0.3, 0.4) is 0 Å². The Bertz CT molecular complexity index is 838. The minimum absolute atomic E-state index is 0.00959. The number of rotatable bonds is 4. The molecule has 122 valence electrons. The van der Waals surface area contributed by atoms with Crippen molar-refractivity contribution in [1.29, 1.82) is 0 Å². The lowest BCUT2D eigenvalue weighted by Gasteiger charge is -2.15. The topological polar surface area (TPSA) is 72.3 Å². The summed E-state index contributed by atoms with van der Waals surface area (Å²) in [6, 6.07) is 7.85. The molecule has 2 heterocycles. The van der Waals surface area contributed by atoms with Crippen molar-refractivity contribution in [3.05, 3.63) is 64.8 Å². The van der Waals surface area contributed by atoms with Gasteiger partial charge in [-0.05, 0) is 29.7 Å². The van der Waals surface area contributed by atoms with Crippen LogP contribution in [0.25, 0.3) is 12.2 Å². The minimum atomic E-state index is -1.01. The lowest BCUT2D eigenvalue weighted by Crippen LogP contribution is -2.09. The Morgan fingerprint density at radius 1 is 1.29 bits per heavy atom. The average Bonchev–Trinajstić information content (AvgIpc) is 2.59. The van der Waals surface area contributed by atoms with Crippen LogP contribution in [0, 0.1) is 0 Å². The zero-order chi connectivity index (χ0) is 17.1. The van der Waals surface area contributed by atoms with Crippen LogP contribution in [0.5, 0.6) is 5.75 Å². The van der Waals surface area contributed by atoms with Crippen molar-refractivity contribution in [3.8, 4) is 5.75 Å². The van der Waals surface area contributed by atoms with Crippen LogP contribution in [-0.4, -0.2) is 27.7 Å². The van der Waals surface area contributed by atoms with Gasteiger partial charge in [-0.15, -0.1) is 0 Å². The summed E-state index contributed by atoms with van der Waals surface area (Å²) < 4.78 is 5.70. The van der Waals surface area contributed by atoms with Gasteiger partial charge in [0, 0.05) is 11.8 Å². The number of aromatic carboxylic acids is 1. The number of fused-ring (bicyclic) bond motifs is 1. The highest BCUT2D eigenvalue weighted by atomic mass is 16.5. The second kappa shape index (κ2) is 6.66. The number of carboxylic acids is 1. The first kappa shape index (κ1) is 15.9. The minimum Gasteiger partial charge on any atom is -0.488 e. The standard InChI is InChI=1S/C19H18N2O3/c1-12(2)18-15(19(22)23)10-20-17(21-18)8-7-13-9-14-5-3-4-6-16(14)24-11-13/h3-10,12H,11H2,1-2H3,(H,22,23)/b8-7-. The van der Waals surface area contributed by atoms with Gasteiger partial charge in [0.25, 0.3) is 0 Å². The summed E-state index contributed by atoms with van der Waals surface area (Å²) in [5.74, 6) is 0.367. The predicted octanol–water partition coefficient (Wildman–Crippen LogP) is 3.79. The van der Waals surface area contributed by atoms with Crippen LogP contribution < -0.4 is 4.74 Å². The molecule has 5 heteroatoms. The molecule has 1 aliphatic heterocycles. The van der Waals surface area contributed by atoms with E-state index in [0.717, 1.165) is 16.9 Å². The van der Waals surface area contributed by atoms with Gasteiger partial charge in [-0.2, -0.15) is 0 Å². The van der Waals surface area contributed by atoms with Crippen molar-refractivity contribution >= 4 is 18.1 Å². The first-order chi connectivity index (χ1) is 11.5. The van der Waals surface area contributed by atoms with Crippen LogP contribution in [0.4, 0.5) is 0 Å². The van der Waals surface area contributed by atoms with Gasteiger partial charge in [0.2, 0.25) is 0 Å². The summed E-state index contributed by atoms with van der Waals surface area (Å²) in [4.78, 5) is 19.7. The number of hydrogen-bond acceptors (Lipinski definition) is 4. The first-order valence-corrected chi connectivity index (χ1v) is 7.75. The monoisotopic (exact) mass is 322 g/mol. The van der Waals surface area contributed by atoms with Gasteiger partial charge in [-0.3, -0.25) is 0 Å². The number of ether oxygens (including phenoxy) is 1. The van der Waals surface area contributed by atoms with Crippen LogP contribution in [-0.2, 0) is 0 Å². The van der Waals surface area contributed by atoms with E-state index in [1.165, 1.54) is 6.20 Å². The third-order valence-corrected chi connectivity index (χ3v) is 3.71. The molecule has 0 spiro atoms. The van der Waals surface area contributed by atoms with E-state index in [1.54, 1.807) is 6.08 Å². The summed E-state index contributed by atoms with van der Waals surface area (Å²) in [7, 11) is 0. The predicted molar refractivity (Wildman–Crippen MR) is 92.0 cm³/mol. The van der Waals surface area contributed by atoms with Crippen molar-refractivity contribution in [2.45, 2.75) is 19.8 Å². The molecule has 0 fully saturated rings. The number of benzene rings is 1. The van der Waals surface area contributed by atoms with Crippen molar-refractivity contribution in [2.24, 2.45) is 0 Å². The molecule has 0 unspecified atom stereocenters. The maximum Gasteiger partial charge on any atom is 0.339 e. The van der Waals surface area contributed by atoms with Gasteiger partial charge < -0.3 is 9.84 Å². The number of para-hydroxylation sites is 1. The molecule has 1 aromatic carbocycles. The Labute approximate surface area is 140 Å². The molecular weight excluding hydrogens is 304 g/mol. The molecule has 0 atom stereocenters. The Kier molecular flexibility index (Phi) is 4.42. The normalized spacial score (nSPS) is 13.5. The van der Waals surface area contributed by atoms with E-state index in [4.69, 9.17) is 4.74 Å². The number of nitrogens with zero attached hydrogens (tertiary/aromatic N) is 2. The fourth-order valence-corrected chi connectivity index (χ4v) is 2.51. The van der Waals surface area contributed by atoms with Crippen molar-refractivity contribution in [1.82, 2.24) is 9.97 Å². The lowest BCUT2D eigenvalue weighted by atomic mass is 10.1. The van der Waals surface area contributed by atoms with E-state index < -0.39 is 5.97 Å². The smallest absolute Gasteiger partial charge is 0.339 e. The third-order valence-electron chi connectivity index (χ3n) is 3.71. The molecule has 1 aromatic heterocycles. The number of carbonyl (C=O) groups is 1. The zero-order valence-electron chi connectivity index (χ0n) is 13.6. The molecule has 0 amide bonds. The Morgan fingerprint density at radius 3 is 2.83 bits per heavy atom. The molecule has 0 aliphatic carbocycles. The fourth-order valence-electron chi connectivity index (χ4n) is 2.51. The Balaban J connectivity index is 1.86. The molecule has 1 N–H and O–H groups in total. The second-order valence-electron chi connectivity index (χ2n) is 5.87. The van der Waals surface area contributed by atoms with E-state index in [9.17, 15) is 9.90 Å². The molecule has 3 rings (SSSR count). The van der Waals surface area contributed by atoms with Gasteiger partial charge in [-0.1, -0.05) is 38.1 Å². The van der Waals surface area contributed by atoms with E-state index in [1.807, 2.05) is 44.2 Å². The van der Waals surface area contributed by atoms with Gasteiger partial charge in [0.05, 0.1) is 11.3 Å². The molecule has 1 aliphatic rings. The van der Waals surface area contributed by atoms with Gasteiger partial charge in [0.1, 0.15) is 12.4 Å². The van der Waals surface area contributed by atoms with E-state index in [-0.39, 0.29) is 11.5 Å². The summed E-state index contributed by atoms with van der Waals surface area (Å²) in [5.41, 5.74) is 2.73. The van der Waals surface area contributed by atoms with Gasteiger partial charge in [0.15, 0.2) is 5.82 Å². The lowest BCUT2D eigenvalue weighted by molar-refractivity contribution is 0.0694. The number of hydrogen-bond donors (Lipinski definition) is 1. The molecular formula is C19H18N2O3. The Morgan fingerprint density at radius 2 is 2.08 bits per heavy atom. The van der Waals surface area contributed by atoms with Crippen LogP contribution >= 0.6 is 0 Å². The summed E-state index contributed by atoms with van der Waals surface area (Å²) in [6.07, 6.45) is 7.10. The van der Waals surface area contributed by atoms with Crippen molar-refractivity contribution < 1.29 is 14.6 Å². The largest absolute Gasteiger partial charge is 0.488 e. The summed E-state index contributed by atoms with van der Waals surface area (Å²) >= 11 is 0. The second-order valence-corrected chi connectivity index (χ2v) is 5.87. The average molecular weight is 322 g/mol. The molecule has 2 aromatic rings. The fraction of sp³-hybridized carbons (Fsp3) is 0.211. The van der Waals surface area contributed by atoms with Crippen LogP contribution in [0.15, 0.2) is 42.1 Å². The number of aromatic nitrogens is 2. The highest BCUT2D eigenvalue weighted by Gasteiger charge is 2.15. The summed E-state index contributed by atoms with van der Waals surface area (Å²) in [6.45, 7) is 4.31. The maximum atomic E-state index is 11.2. The summed E-state index contributed by atoms with van der Waals surface area (Å²) in [5, 5.41) is 9.21. The molecule has 0 saturated heterocycles. The molecule has 0 radical (unpaired) electrons. The number of carboxylic acid groups (broad SMARTS) is 1. The quantitative estimate of drug-likeness (QED) is 0.927. The highest BCUT2D eigenvalue weighted by molar-refractivity contribution is 5.88. The SMILES string of the molecule is CC(C)c1nc(/C=C\C2=Cc3ccccc3OC2)ncc1C(=O)O. The third kappa shape index (κ3) is 3.35. The zero-order valence-corrected chi connectivity index (χ0v) is 13.6. The van der Waals surface area contributed by atoms with E-state index in [0.29, 0.717) is 18.1 Å². The van der Waals surface area contributed by atoms with E-state index in [2.05, 4.69) is 16.0 Å². The molecule has 0 bridgehead atoms. The first-order valence-electron chi connectivity index (χ1n) is 7.75. The molecule has 24 heavy (non-hydrogen) atoms. The van der Waals surface area contributed by atoms with E-state index >= 15 is 0 Å². The highest BCUT2D eigenvalue weighted by Crippen LogP contribution is 2.26. The van der Waals surface area contributed by atoms with Crippen molar-refractivity contribution in [2.75, 3.05) is 6.61 Å². The van der Waals surface area contributed by atoms with Gasteiger partial charge >= 0.3 is 5.97 Å². The maximum absolute atomic E-state index is 11.2. The Hall–Kier alpha value is -2.95. The van der Waals surface area contributed by atoms with Crippen LogP contribution in [0.1, 0.15) is 47.2 Å². The van der Waals surface area contributed by atoms with Crippen LogP contribution in [0.2, 0.25) is 0 Å². The molecule has 5 nitrogen and oxygen atoms in total. The van der Waals surface area contributed by atoms with Crippen molar-refractivity contribution in [3.63, 3.8) is 0 Å².